The molecule has 1 amide bonds. The Labute approximate surface area is 63.8 Å². The van der Waals surface area contributed by atoms with Crippen LogP contribution in [0, 0.1) is 0 Å². The number of fused-ring (bicyclic) bond motifs is 1. The summed E-state index contributed by atoms with van der Waals surface area (Å²) in [4.78, 5) is 12.8. The molecule has 0 unspecified atom stereocenters. The summed E-state index contributed by atoms with van der Waals surface area (Å²) in [6.45, 7) is 0.656. The molecule has 0 saturated carbocycles. The average Bonchev–Trinajstić information content (AvgIpc) is 2.30. The molecule has 1 aliphatic heterocycles. The van der Waals surface area contributed by atoms with Gasteiger partial charge in [0.2, 0.25) is 0 Å². The highest BCUT2D eigenvalue weighted by Gasteiger charge is 2.25. The van der Waals surface area contributed by atoms with Gasteiger partial charge in [-0.15, -0.1) is 5.10 Å². The summed E-state index contributed by atoms with van der Waals surface area (Å²) in [6, 6.07) is 1.82. The zero-order valence-corrected chi connectivity index (χ0v) is 6.11. The van der Waals surface area contributed by atoms with E-state index in [1.165, 1.54) is 0 Å². The number of rotatable bonds is 0. The molecule has 0 aromatic carbocycles. The number of hydrogen-bond donors (Lipinski definition) is 0. The normalized spacial score (nSPS) is 15.4. The Hall–Kier alpha value is -1.45. The SMILES string of the molecule is CN1Cc2ccnnc2C1=O. The average molecular weight is 149 g/mol. The van der Waals surface area contributed by atoms with Crippen LogP contribution < -0.4 is 0 Å². The fourth-order valence-electron chi connectivity index (χ4n) is 1.17. The minimum Gasteiger partial charge on any atom is -0.336 e. The summed E-state index contributed by atoms with van der Waals surface area (Å²) in [5, 5.41) is 7.39. The molecule has 1 aromatic rings. The van der Waals surface area contributed by atoms with Gasteiger partial charge in [0.1, 0.15) is 0 Å². The predicted octanol–water partition coefficient (Wildman–Crippen LogP) is 0.0622. The van der Waals surface area contributed by atoms with Crippen molar-refractivity contribution in [1.29, 1.82) is 0 Å². The summed E-state index contributed by atoms with van der Waals surface area (Å²) in [5.41, 5.74) is 1.46. The van der Waals surface area contributed by atoms with Gasteiger partial charge in [0.15, 0.2) is 5.69 Å². The van der Waals surface area contributed by atoms with Gasteiger partial charge in [0.05, 0.1) is 0 Å². The molecule has 0 N–H and O–H groups in total. The second-order valence-corrected chi connectivity index (χ2v) is 2.57. The third kappa shape index (κ3) is 0.790. The Balaban J connectivity index is 2.55. The van der Waals surface area contributed by atoms with Crippen LogP contribution in [-0.4, -0.2) is 28.1 Å². The number of nitrogens with zero attached hydrogens (tertiary/aromatic N) is 3. The Morgan fingerprint density at radius 2 is 2.45 bits per heavy atom. The van der Waals surface area contributed by atoms with Crippen LogP contribution in [0.2, 0.25) is 0 Å². The number of carbonyl (C=O) groups excluding carboxylic acids is 1. The van der Waals surface area contributed by atoms with Gasteiger partial charge >= 0.3 is 0 Å². The van der Waals surface area contributed by atoms with E-state index in [1.807, 2.05) is 6.07 Å². The standard InChI is InChI=1S/C7H7N3O/c1-10-4-5-2-3-8-9-6(5)7(10)11/h2-3H,4H2,1H3. The molecular formula is C7H7N3O. The summed E-state index contributed by atoms with van der Waals surface area (Å²) < 4.78 is 0. The van der Waals surface area contributed by atoms with Crippen molar-refractivity contribution in [3.63, 3.8) is 0 Å². The maximum atomic E-state index is 11.2. The third-order valence-corrected chi connectivity index (χ3v) is 1.76. The lowest BCUT2D eigenvalue weighted by atomic mass is 10.2. The molecule has 56 valence electrons. The molecule has 0 aliphatic carbocycles. The second kappa shape index (κ2) is 2.02. The van der Waals surface area contributed by atoms with Gasteiger partial charge in [-0.2, -0.15) is 5.10 Å². The molecule has 4 heteroatoms. The Kier molecular flexibility index (Phi) is 1.15. The Morgan fingerprint density at radius 3 is 3.18 bits per heavy atom. The molecule has 2 rings (SSSR count). The summed E-state index contributed by atoms with van der Waals surface area (Å²) in [5.74, 6) is -0.0342. The molecule has 0 radical (unpaired) electrons. The maximum absolute atomic E-state index is 11.2. The van der Waals surface area contributed by atoms with Crippen molar-refractivity contribution in [2.75, 3.05) is 7.05 Å². The monoisotopic (exact) mass is 149 g/mol. The van der Waals surface area contributed by atoms with Gasteiger partial charge in [-0.3, -0.25) is 4.79 Å². The van der Waals surface area contributed by atoms with E-state index >= 15 is 0 Å². The van der Waals surface area contributed by atoms with E-state index in [0.29, 0.717) is 12.2 Å². The van der Waals surface area contributed by atoms with Crippen LogP contribution in [0.1, 0.15) is 16.1 Å². The van der Waals surface area contributed by atoms with Crippen LogP contribution in [-0.2, 0) is 6.54 Å². The largest absolute Gasteiger partial charge is 0.336 e. The van der Waals surface area contributed by atoms with Crippen LogP contribution in [0.5, 0.6) is 0 Å². The van der Waals surface area contributed by atoms with Crippen molar-refractivity contribution in [2.24, 2.45) is 0 Å². The molecule has 11 heavy (non-hydrogen) atoms. The predicted molar refractivity (Wildman–Crippen MR) is 37.8 cm³/mol. The second-order valence-electron chi connectivity index (χ2n) is 2.57. The smallest absolute Gasteiger partial charge is 0.274 e. The van der Waals surface area contributed by atoms with Crippen molar-refractivity contribution in [3.05, 3.63) is 23.5 Å². The first kappa shape index (κ1) is 6.27. The van der Waals surface area contributed by atoms with Crippen LogP contribution in [0.3, 0.4) is 0 Å². The van der Waals surface area contributed by atoms with Crippen molar-refractivity contribution < 1.29 is 4.79 Å². The highest BCUT2D eigenvalue weighted by molar-refractivity contribution is 5.95. The van der Waals surface area contributed by atoms with Gasteiger partial charge in [0.25, 0.3) is 5.91 Å². The highest BCUT2D eigenvalue weighted by atomic mass is 16.2. The van der Waals surface area contributed by atoms with Crippen molar-refractivity contribution in [2.45, 2.75) is 6.54 Å². The van der Waals surface area contributed by atoms with Crippen LogP contribution in [0.4, 0.5) is 0 Å². The molecule has 4 nitrogen and oxygen atoms in total. The maximum Gasteiger partial charge on any atom is 0.274 e. The lowest BCUT2D eigenvalue weighted by molar-refractivity contribution is 0.0811. The van der Waals surface area contributed by atoms with E-state index in [4.69, 9.17) is 0 Å². The molecule has 1 aliphatic rings. The van der Waals surface area contributed by atoms with Gasteiger partial charge in [-0.1, -0.05) is 0 Å². The van der Waals surface area contributed by atoms with E-state index in [-0.39, 0.29) is 5.91 Å². The van der Waals surface area contributed by atoms with Crippen molar-refractivity contribution >= 4 is 5.91 Å². The molecule has 1 aromatic heterocycles. The zero-order valence-electron chi connectivity index (χ0n) is 6.11. The van der Waals surface area contributed by atoms with E-state index in [1.54, 1.807) is 18.1 Å². The third-order valence-electron chi connectivity index (χ3n) is 1.76. The van der Waals surface area contributed by atoms with Crippen molar-refractivity contribution in [1.82, 2.24) is 15.1 Å². The van der Waals surface area contributed by atoms with E-state index < -0.39 is 0 Å². The molecule has 0 saturated heterocycles. The van der Waals surface area contributed by atoms with E-state index in [9.17, 15) is 4.79 Å². The minimum absolute atomic E-state index is 0.0342. The van der Waals surface area contributed by atoms with E-state index in [0.717, 1.165) is 5.56 Å². The number of amides is 1. The first-order chi connectivity index (χ1) is 5.29. The van der Waals surface area contributed by atoms with Gasteiger partial charge in [-0.25, -0.2) is 0 Å². The van der Waals surface area contributed by atoms with Gasteiger partial charge in [0, 0.05) is 25.4 Å². The van der Waals surface area contributed by atoms with Crippen LogP contribution in [0.25, 0.3) is 0 Å². The zero-order chi connectivity index (χ0) is 7.84. The van der Waals surface area contributed by atoms with Gasteiger partial charge < -0.3 is 4.90 Å². The minimum atomic E-state index is -0.0342. The molecular weight excluding hydrogens is 142 g/mol. The fraction of sp³-hybridized carbons (Fsp3) is 0.286. The molecule has 0 bridgehead atoms. The lowest BCUT2D eigenvalue weighted by Crippen LogP contribution is -2.18. The van der Waals surface area contributed by atoms with E-state index in [2.05, 4.69) is 10.2 Å². The summed E-state index contributed by atoms with van der Waals surface area (Å²) >= 11 is 0. The number of carbonyl (C=O) groups is 1. The Bertz CT molecular complexity index is 310. The molecule has 2 heterocycles. The highest BCUT2D eigenvalue weighted by Crippen LogP contribution is 2.16. The molecule has 0 atom stereocenters. The molecule has 0 fully saturated rings. The molecule has 0 spiro atoms. The number of hydrogen-bond acceptors (Lipinski definition) is 3. The number of aromatic nitrogens is 2. The van der Waals surface area contributed by atoms with Crippen LogP contribution in [0.15, 0.2) is 12.3 Å². The topological polar surface area (TPSA) is 46.1 Å². The fourth-order valence-corrected chi connectivity index (χ4v) is 1.17. The van der Waals surface area contributed by atoms with Gasteiger partial charge in [-0.05, 0) is 6.07 Å². The summed E-state index contributed by atoms with van der Waals surface area (Å²) in [7, 11) is 1.75. The van der Waals surface area contributed by atoms with Crippen LogP contribution >= 0.6 is 0 Å². The van der Waals surface area contributed by atoms with Crippen molar-refractivity contribution in [3.8, 4) is 0 Å². The first-order valence-corrected chi connectivity index (χ1v) is 3.35. The lowest BCUT2D eigenvalue weighted by Gasteiger charge is -2.03. The quantitative estimate of drug-likeness (QED) is 0.524. The summed E-state index contributed by atoms with van der Waals surface area (Å²) in [6.07, 6.45) is 1.60. The Morgan fingerprint density at radius 1 is 1.64 bits per heavy atom. The first-order valence-electron chi connectivity index (χ1n) is 3.35.